The van der Waals surface area contributed by atoms with E-state index in [4.69, 9.17) is 0 Å². The molecule has 0 atom stereocenters. The standard InChI is InChI=1S/C24H23N3O/c1-16-9-8-12-23(18(16)3)27-17(2)13-20(19(27)4)14-21(15-25)24(28)26-22-10-6-5-7-11-22/h5-14H,1-4H3,(H,26,28). The molecule has 1 amide bonds. The number of hydrogen-bond acceptors (Lipinski definition) is 2. The predicted molar refractivity (Wildman–Crippen MR) is 113 cm³/mol. The molecule has 28 heavy (non-hydrogen) atoms. The van der Waals surface area contributed by atoms with Crippen LogP contribution in [0.25, 0.3) is 11.8 Å². The molecular weight excluding hydrogens is 346 g/mol. The second-order valence-corrected chi connectivity index (χ2v) is 6.87. The van der Waals surface area contributed by atoms with Gasteiger partial charge in [-0.25, -0.2) is 0 Å². The third-order valence-corrected chi connectivity index (χ3v) is 4.98. The second-order valence-electron chi connectivity index (χ2n) is 6.87. The van der Waals surface area contributed by atoms with E-state index in [-0.39, 0.29) is 5.57 Å². The minimum atomic E-state index is -0.412. The molecule has 3 aromatic rings. The summed E-state index contributed by atoms with van der Waals surface area (Å²) in [4.78, 5) is 12.5. The average molecular weight is 369 g/mol. The molecule has 0 aliphatic heterocycles. The topological polar surface area (TPSA) is 57.8 Å². The summed E-state index contributed by atoms with van der Waals surface area (Å²) >= 11 is 0. The first-order valence-corrected chi connectivity index (χ1v) is 9.16. The lowest BCUT2D eigenvalue weighted by atomic mass is 10.1. The number of amides is 1. The smallest absolute Gasteiger partial charge is 0.266 e. The van der Waals surface area contributed by atoms with E-state index in [1.807, 2.05) is 50.2 Å². The number of nitrogens with zero attached hydrogens (tertiary/aromatic N) is 2. The van der Waals surface area contributed by atoms with Crippen molar-refractivity contribution in [1.29, 1.82) is 5.26 Å². The van der Waals surface area contributed by atoms with Crippen molar-refractivity contribution in [2.45, 2.75) is 27.7 Å². The van der Waals surface area contributed by atoms with Crippen molar-refractivity contribution in [2.24, 2.45) is 0 Å². The summed E-state index contributed by atoms with van der Waals surface area (Å²) in [5.41, 5.74) is 7.19. The lowest BCUT2D eigenvalue weighted by Gasteiger charge is -2.14. The van der Waals surface area contributed by atoms with Gasteiger partial charge in [-0.2, -0.15) is 5.26 Å². The van der Waals surface area contributed by atoms with Crippen molar-refractivity contribution in [3.8, 4) is 11.8 Å². The predicted octanol–water partition coefficient (Wildman–Crippen LogP) is 5.26. The van der Waals surface area contributed by atoms with Crippen LogP contribution in [0.1, 0.15) is 28.1 Å². The number of nitriles is 1. The van der Waals surface area contributed by atoms with Crippen LogP contribution in [0.5, 0.6) is 0 Å². The van der Waals surface area contributed by atoms with E-state index in [1.165, 1.54) is 11.1 Å². The SMILES string of the molecule is Cc1cccc(-n2c(C)cc(C=C(C#N)C(=O)Nc3ccccc3)c2C)c1C. The monoisotopic (exact) mass is 369 g/mol. The van der Waals surface area contributed by atoms with Crippen molar-refractivity contribution >= 4 is 17.7 Å². The Kier molecular flexibility index (Phi) is 5.47. The summed E-state index contributed by atoms with van der Waals surface area (Å²) in [5, 5.41) is 12.3. The average Bonchev–Trinajstić information content (AvgIpc) is 2.96. The molecule has 1 heterocycles. The largest absolute Gasteiger partial charge is 0.321 e. The van der Waals surface area contributed by atoms with Gasteiger partial charge in [0.15, 0.2) is 0 Å². The molecule has 1 N–H and O–H groups in total. The molecule has 0 radical (unpaired) electrons. The Hall–Kier alpha value is -3.58. The van der Waals surface area contributed by atoms with Crippen LogP contribution in [0.15, 0.2) is 60.2 Å². The van der Waals surface area contributed by atoms with Crippen LogP contribution < -0.4 is 5.32 Å². The molecule has 0 saturated carbocycles. The van der Waals surface area contributed by atoms with Gasteiger partial charge in [-0.05, 0) is 74.7 Å². The van der Waals surface area contributed by atoms with Crippen LogP contribution >= 0.6 is 0 Å². The number of nitrogens with one attached hydrogen (secondary N) is 1. The molecule has 2 aromatic carbocycles. The minimum Gasteiger partial charge on any atom is -0.321 e. The number of hydrogen-bond donors (Lipinski definition) is 1. The van der Waals surface area contributed by atoms with Gasteiger partial charge in [0.1, 0.15) is 11.6 Å². The van der Waals surface area contributed by atoms with E-state index in [2.05, 4.69) is 35.9 Å². The maximum atomic E-state index is 12.5. The number of carbonyl (C=O) groups is 1. The maximum Gasteiger partial charge on any atom is 0.266 e. The second kappa shape index (κ2) is 7.98. The first kappa shape index (κ1) is 19.2. The first-order valence-electron chi connectivity index (χ1n) is 9.16. The van der Waals surface area contributed by atoms with Gasteiger partial charge in [0, 0.05) is 22.8 Å². The fourth-order valence-electron chi connectivity index (χ4n) is 3.31. The van der Waals surface area contributed by atoms with Crippen LogP contribution in [-0.2, 0) is 4.79 Å². The zero-order valence-electron chi connectivity index (χ0n) is 16.6. The highest BCUT2D eigenvalue weighted by molar-refractivity contribution is 6.09. The van der Waals surface area contributed by atoms with Crippen LogP contribution in [0, 0.1) is 39.0 Å². The Bertz CT molecular complexity index is 1100. The zero-order chi connectivity index (χ0) is 20.3. The Morgan fingerprint density at radius 2 is 1.75 bits per heavy atom. The number of aromatic nitrogens is 1. The van der Waals surface area contributed by atoms with Crippen LogP contribution in [0.2, 0.25) is 0 Å². The maximum absolute atomic E-state index is 12.5. The number of benzene rings is 2. The summed E-state index contributed by atoms with van der Waals surface area (Å²) in [6.07, 6.45) is 1.65. The Balaban J connectivity index is 1.99. The van der Waals surface area contributed by atoms with E-state index in [0.29, 0.717) is 5.69 Å². The van der Waals surface area contributed by atoms with E-state index in [9.17, 15) is 10.1 Å². The molecular formula is C24H23N3O. The van der Waals surface area contributed by atoms with Gasteiger partial charge >= 0.3 is 0 Å². The van der Waals surface area contributed by atoms with Gasteiger partial charge in [0.25, 0.3) is 5.91 Å². The molecule has 1 aromatic heterocycles. The summed E-state index contributed by atoms with van der Waals surface area (Å²) < 4.78 is 2.16. The highest BCUT2D eigenvalue weighted by Gasteiger charge is 2.15. The van der Waals surface area contributed by atoms with Gasteiger partial charge in [0.2, 0.25) is 0 Å². The summed E-state index contributed by atoms with van der Waals surface area (Å²) in [6.45, 7) is 8.23. The molecule has 0 spiro atoms. The molecule has 4 heteroatoms. The lowest BCUT2D eigenvalue weighted by molar-refractivity contribution is -0.112. The van der Waals surface area contributed by atoms with Crippen LogP contribution in [0.3, 0.4) is 0 Å². The number of aryl methyl sites for hydroxylation is 2. The van der Waals surface area contributed by atoms with Crippen molar-refractivity contribution < 1.29 is 4.79 Å². The fraction of sp³-hybridized carbons (Fsp3) is 0.167. The zero-order valence-corrected chi connectivity index (χ0v) is 16.6. The Labute approximate surface area is 165 Å². The first-order chi connectivity index (χ1) is 13.4. The molecule has 0 saturated heterocycles. The molecule has 3 rings (SSSR count). The molecule has 0 unspecified atom stereocenters. The number of para-hydroxylation sites is 1. The van der Waals surface area contributed by atoms with Gasteiger partial charge in [0.05, 0.1) is 0 Å². The fourth-order valence-corrected chi connectivity index (χ4v) is 3.31. The third-order valence-electron chi connectivity index (χ3n) is 4.98. The molecule has 0 aliphatic rings. The molecule has 0 aliphatic carbocycles. The van der Waals surface area contributed by atoms with Crippen LogP contribution in [0.4, 0.5) is 5.69 Å². The molecule has 0 bridgehead atoms. The third kappa shape index (κ3) is 3.74. The normalized spacial score (nSPS) is 11.2. The van der Waals surface area contributed by atoms with Crippen molar-refractivity contribution in [3.05, 3.63) is 88.2 Å². The van der Waals surface area contributed by atoms with Crippen molar-refractivity contribution in [1.82, 2.24) is 4.57 Å². The van der Waals surface area contributed by atoms with Crippen molar-refractivity contribution in [2.75, 3.05) is 5.32 Å². The van der Waals surface area contributed by atoms with Crippen LogP contribution in [-0.4, -0.2) is 10.5 Å². The highest BCUT2D eigenvalue weighted by atomic mass is 16.1. The number of rotatable bonds is 4. The Morgan fingerprint density at radius 3 is 2.43 bits per heavy atom. The van der Waals surface area contributed by atoms with E-state index in [1.54, 1.807) is 18.2 Å². The Morgan fingerprint density at radius 1 is 1.04 bits per heavy atom. The van der Waals surface area contributed by atoms with Crippen molar-refractivity contribution in [3.63, 3.8) is 0 Å². The van der Waals surface area contributed by atoms with Gasteiger partial charge in [-0.3, -0.25) is 4.79 Å². The number of carbonyl (C=O) groups excluding carboxylic acids is 1. The number of anilines is 1. The minimum absolute atomic E-state index is 0.0741. The van der Waals surface area contributed by atoms with E-state index in [0.717, 1.165) is 22.6 Å². The van der Waals surface area contributed by atoms with E-state index >= 15 is 0 Å². The quantitative estimate of drug-likeness (QED) is 0.504. The van der Waals surface area contributed by atoms with Gasteiger partial charge < -0.3 is 9.88 Å². The summed E-state index contributed by atoms with van der Waals surface area (Å²) in [7, 11) is 0. The van der Waals surface area contributed by atoms with E-state index < -0.39 is 5.91 Å². The summed E-state index contributed by atoms with van der Waals surface area (Å²) in [5.74, 6) is -0.412. The molecule has 4 nitrogen and oxygen atoms in total. The molecule has 140 valence electrons. The highest BCUT2D eigenvalue weighted by Crippen LogP contribution is 2.26. The molecule has 0 fully saturated rings. The summed E-state index contributed by atoms with van der Waals surface area (Å²) in [6, 6.07) is 19.4. The van der Waals surface area contributed by atoms with Gasteiger partial charge in [-0.1, -0.05) is 30.3 Å². The van der Waals surface area contributed by atoms with Gasteiger partial charge in [-0.15, -0.1) is 0 Å². The lowest BCUT2D eigenvalue weighted by Crippen LogP contribution is -2.13.